The largest absolute Gasteiger partial charge is 0.481 e. The zero-order valence-corrected chi connectivity index (χ0v) is 8.90. The molecule has 2 amide bonds. The van der Waals surface area contributed by atoms with E-state index >= 15 is 0 Å². The summed E-state index contributed by atoms with van der Waals surface area (Å²) in [7, 11) is 0. The molecule has 7 nitrogen and oxygen atoms in total. The number of carbonyl (C=O) groups is 3. The fourth-order valence-electron chi connectivity index (χ4n) is 0.546. The number of aliphatic carboxylic acids is 2. The number of hydrogen-bond acceptors (Lipinski definition) is 3. The molecule has 0 aromatic carbocycles. The smallest absolute Gasteiger partial charge is 0.326 e. The van der Waals surface area contributed by atoms with Crippen molar-refractivity contribution in [3.05, 3.63) is 0 Å². The third-order valence-electron chi connectivity index (χ3n) is 0.993. The van der Waals surface area contributed by atoms with Crippen molar-refractivity contribution >= 4 is 55.7 Å². The first-order valence-electron chi connectivity index (χ1n) is 2.94. The SMILES string of the molecule is NC(=O)NC(CC(=O)O)C(=O)O.[Ca]. The number of carboxylic acid groups (broad SMARTS) is 2. The van der Waals surface area contributed by atoms with Gasteiger partial charge in [-0.05, 0) is 0 Å². The number of primary amides is 1. The summed E-state index contributed by atoms with van der Waals surface area (Å²) in [6.07, 6.45) is -0.696. The van der Waals surface area contributed by atoms with E-state index in [1.54, 1.807) is 5.32 Å². The Morgan fingerprint density at radius 2 is 1.77 bits per heavy atom. The van der Waals surface area contributed by atoms with Gasteiger partial charge in [-0.1, -0.05) is 0 Å². The van der Waals surface area contributed by atoms with Crippen LogP contribution in [0.15, 0.2) is 0 Å². The fraction of sp³-hybridized carbons (Fsp3) is 0.400. The molecule has 5 N–H and O–H groups in total. The molecule has 0 aliphatic heterocycles. The summed E-state index contributed by atoms with van der Waals surface area (Å²) >= 11 is 0. The van der Waals surface area contributed by atoms with E-state index < -0.39 is 30.4 Å². The van der Waals surface area contributed by atoms with Crippen LogP contribution in [0, 0.1) is 0 Å². The van der Waals surface area contributed by atoms with Gasteiger partial charge in [0, 0.05) is 37.7 Å². The maximum Gasteiger partial charge on any atom is 0.326 e. The topological polar surface area (TPSA) is 130 Å². The van der Waals surface area contributed by atoms with Crippen LogP contribution in [0.5, 0.6) is 0 Å². The maximum absolute atomic E-state index is 10.2. The van der Waals surface area contributed by atoms with Crippen molar-refractivity contribution in [2.45, 2.75) is 12.5 Å². The molecule has 13 heavy (non-hydrogen) atoms. The van der Waals surface area contributed by atoms with Crippen molar-refractivity contribution in [1.82, 2.24) is 5.32 Å². The summed E-state index contributed by atoms with van der Waals surface area (Å²) < 4.78 is 0. The molecular weight excluding hydrogens is 208 g/mol. The van der Waals surface area contributed by atoms with Gasteiger partial charge in [0.15, 0.2) is 0 Å². The second kappa shape index (κ2) is 6.93. The molecule has 2 radical (unpaired) electrons. The number of rotatable bonds is 4. The Balaban J connectivity index is 0. The number of carboxylic acids is 2. The number of urea groups is 1. The molecule has 1 unspecified atom stereocenters. The van der Waals surface area contributed by atoms with Crippen LogP contribution >= 0.6 is 0 Å². The number of carbonyl (C=O) groups excluding carboxylic acids is 1. The molecular formula is C5H8CaN2O5. The summed E-state index contributed by atoms with van der Waals surface area (Å²) in [6.45, 7) is 0. The number of hydrogen-bond donors (Lipinski definition) is 4. The van der Waals surface area contributed by atoms with Gasteiger partial charge in [-0.25, -0.2) is 9.59 Å². The minimum Gasteiger partial charge on any atom is -0.481 e. The van der Waals surface area contributed by atoms with E-state index in [0.29, 0.717) is 0 Å². The van der Waals surface area contributed by atoms with E-state index in [1.807, 2.05) is 0 Å². The Kier molecular flexibility index (Phi) is 7.98. The summed E-state index contributed by atoms with van der Waals surface area (Å²) in [5.41, 5.74) is 4.60. The van der Waals surface area contributed by atoms with Crippen molar-refractivity contribution in [3.63, 3.8) is 0 Å². The van der Waals surface area contributed by atoms with Gasteiger partial charge in [-0.2, -0.15) is 0 Å². The Labute approximate surface area is 103 Å². The third kappa shape index (κ3) is 7.82. The molecule has 8 heteroatoms. The monoisotopic (exact) mass is 216 g/mol. The summed E-state index contributed by atoms with van der Waals surface area (Å²) in [5, 5.41) is 18.3. The first-order valence-corrected chi connectivity index (χ1v) is 2.94. The third-order valence-corrected chi connectivity index (χ3v) is 0.993. The van der Waals surface area contributed by atoms with Gasteiger partial charge in [0.05, 0.1) is 6.42 Å². The first-order chi connectivity index (χ1) is 5.43. The Morgan fingerprint density at radius 1 is 1.31 bits per heavy atom. The van der Waals surface area contributed by atoms with E-state index in [2.05, 4.69) is 5.73 Å². The van der Waals surface area contributed by atoms with Gasteiger partial charge >= 0.3 is 18.0 Å². The number of nitrogens with one attached hydrogen (secondary N) is 1. The van der Waals surface area contributed by atoms with Gasteiger partial charge < -0.3 is 21.3 Å². The normalized spacial score (nSPS) is 10.8. The van der Waals surface area contributed by atoms with Crippen molar-refractivity contribution < 1.29 is 24.6 Å². The van der Waals surface area contributed by atoms with Crippen molar-refractivity contribution in [3.8, 4) is 0 Å². The second-order valence-electron chi connectivity index (χ2n) is 2.00. The summed E-state index contributed by atoms with van der Waals surface area (Å²) in [5.74, 6) is -2.76. The van der Waals surface area contributed by atoms with Crippen LogP contribution in [-0.2, 0) is 9.59 Å². The van der Waals surface area contributed by atoms with Crippen LogP contribution in [0.2, 0.25) is 0 Å². The van der Waals surface area contributed by atoms with Gasteiger partial charge in [0.2, 0.25) is 0 Å². The van der Waals surface area contributed by atoms with Crippen LogP contribution in [0.25, 0.3) is 0 Å². The van der Waals surface area contributed by atoms with Crippen LogP contribution in [0.1, 0.15) is 6.42 Å². The minimum absolute atomic E-state index is 0. The number of amides is 2. The van der Waals surface area contributed by atoms with E-state index in [-0.39, 0.29) is 37.7 Å². The predicted octanol–water partition coefficient (Wildman–Crippen LogP) is -1.80. The molecule has 1 atom stereocenters. The maximum atomic E-state index is 10.2. The minimum atomic E-state index is -1.47. The standard InChI is InChI=1S/C5H8N2O5.Ca/c6-5(12)7-2(4(10)11)1-3(8)9;/h2H,1H2,(H,8,9)(H,10,11)(H3,6,7,12);. The molecule has 0 aromatic heterocycles. The first kappa shape index (κ1) is 15.0. The fourth-order valence-corrected chi connectivity index (χ4v) is 0.546. The van der Waals surface area contributed by atoms with E-state index in [4.69, 9.17) is 10.2 Å². The Hall–Kier alpha value is -0.530. The average Bonchev–Trinajstić information content (AvgIpc) is 1.83. The molecule has 0 aliphatic rings. The van der Waals surface area contributed by atoms with Crippen LogP contribution in [0.3, 0.4) is 0 Å². The zero-order valence-electron chi connectivity index (χ0n) is 6.69. The van der Waals surface area contributed by atoms with Gasteiger partial charge in [0.1, 0.15) is 6.04 Å². The molecule has 0 heterocycles. The second-order valence-corrected chi connectivity index (χ2v) is 2.00. The summed E-state index contributed by atoms with van der Waals surface area (Å²) in [6, 6.07) is -2.54. The van der Waals surface area contributed by atoms with Gasteiger partial charge in [-0.3, -0.25) is 4.79 Å². The molecule has 0 rings (SSSR count). The molecule has 0 aromatic rings. The Morgan fingerprint density at radius 3 is 2.00 bits per heavy atom. The van der Waals surface area contributed by atoms with E-state index in [9.17, 15) is 14.4 Å². The zero-order chi connectivity index (χ0) is 9.72. The van der Waals surface area contributed by atoms with Crippen molar-refractivity contribution in [1.29, 1.82) is 0 Å². The van der Waals surface area contributed by atoms with Crippen LogP contribution < -0.4 is 11.1 Å². The van der Waals surface area contributed by atoms with Crippen LogP contribution in [0.4, 0.5) is 4.79 Å². The summed E-state index contributed by atoms with van der Waals surface area (Å²) in [4.78, 5) is 30.4. The number of nitrogens with two attached hydrogens (primary N) is 1. The van der Waals surface area contributed by atoms with E-state index in [0.717, 1.165) is 0 Å². The molecule has 0 bridgehead atoms. The quantitative estimate of drug-likeness (QED) is 0.412. The predicted molar refractivity (Wildman–Crippen MR) is 42.1 cm³/mol. The van der Waals surface area contributed by atoms with Crippen molar-refractivity contribution in [2.75, 3.05) is 0 Å². The van der Waals surface area contributed by atoms with Gasteiger partial charge in [0.25, 0.3) is 0 Å². The molecule has 0 saturated carbocycles. The van der Waals surface area contributed by atoms with Crippen molar-refractivity contribution in [2.24, 2.45) is 5.73 Å². The molecule has 0 spiro atoms. The molecule has 70 valence electrons. The molecule has 0 saturated heterocycles. The van der Waals surface area contributed by atoms with Crippen LogP contribution in [-0.4, -0.2) is 72.0 Å². The van der Waals surface area contributed by atoms with E-state index in [1.165, 1.54) is 0 Å². The molecule has 0 fully saturated rings. The van der Waals surface area contributed by atoms with Gasteiger partial charge in [-0.15, -0.1) is 0 Å². The average molecular weight is 216 g/mol. The Bertz CT molecular complexity index is 203. The molecule has 0 aliphatic carbocycles.